The molecule has 0 heterocycles. The van der Waals surface area contributed by atoms with E-state index >= 15 is 0 Å². The number of sulfonamides is 1. The number of nitrogens with one attached hydrogen (secondary N) is 1. The maximum absolute atomic E-state index is 12.6. The Morgan fingerprint density at radius 1 is 1.04 bits per heavy atom. The molecule has 2 rings (SSSR count). The van der Waals surface area contributed by atoms with Gasteiger partial charge in [-0.2, -0.15) is 0 Å². The minimum absolute atomic E-state index is 0.177. The Labute approximate surface area is 156 Å². The second-order valence-electron chi connectivity index (χ2n) is 6.71. The van der Waals surface area contributed by atoms with Crippen molar-refractivity contribution in [1.82, 2.24) is 5.32 Å². The van der Waals surface area contributed by atoms with Crippen LogP contribution in [0.2, 0.25) is 0 Å². The van der Waals surface area contributed by atoms with E-state index in [-0.39, 0.29) is 12.5 Å². The second kappa shape index (κ2) is 8.85. The van der Waals surface area contributed by atoms with Crippen LogP contribution in [0, 0.1) is 5.92 Å². The van der Waals surface area contributed by atoms with Crippen molar-refractivity contribution < 1.29 is 13.2 Å². The van der Waals surface area contributed by atoms with Crippen LogP contribution in [-0.4, -0.2) is 27.1 Å². The number of amides is 1. The van der Waals surface area contributed by atoms with Crippen LogP contribution < -0.4 is 9.62 Å². The number of benzene rings is 2. The summed E-state index contributed by atoms with van der Waals surface area (Å²) < 4.78 is 26.1. The summed E-state index contributed by atoms with van der Waals surface area (Å²) in [6.45, 7) is 4.91. The molecular weight excluding hydrogens is 348 g/mol. The quantitative estimate of drug-likeness (QED) is 0.770. The van der Waals surface area contributed by atoms with Gasteiger partial charge in [0, 0.05) is 6.54 Å². The second-order valence-corrected chi connectivity index (χ2v) is 8.62. The lowest BCUT2D eigenvalue weighted by Crippen LogP contribution is -2.33. The molecule has 2 aromatic rings. The summed E-state index contributed by atoms with van der Waals surface area (Å²) in [5.74, 6) is 0.221. The number of hydrogen-bond donors (Lipinski definition) is 1. The van der Waals surface area contributed by atoms with E-state index < -0.39 is 10.0 Å². The average molecular weight is 375 g/mol. The molecule has 0 radical (unpaired) electrons. The van der Waals surface area contributed by atoms with Crippen LogP contribution in [0.3, 0.4) is 0 Å². The maximum atomic E-state index is 12.6. The number of carbonyl (C=O) groups is 1. The Balaban J connectivity index is 2.32. The van der Waals surface area contributed by atoms with Gasteiger partial charge in [-0.3, -0.25) is 9.10 Å². The number of carbonyl (C=O) groups excluding carboxylic acids is 1. The molecule has 0 saturated carbocycles. The summed E-state index contributed by atoms with van der Waals surface area (Å²) in [6, 6.07) is 16.1. The smallest absolute Gasteiger partial charge is 0.253 e. The number of anilines is 1. The molecule has 2 aromatic carbocycles. The molecule has 1 N–H and O–H groups in total. The summed E-state index contributed by atoms with van der Waals surface area (Å²) >= 11 is 0. The van der Waals surface area contributed by atoms with Crippen molar-refractivity contribution >= 4 is 21.6 Å². The molecule has 0 aliphatic rings. The van der Waals surface area contributed by atoms with Crippen LogP contribution in [0.15, 0.2) is 54.6 Å². The summed E-state index contributed by atoms with van der Waals surface area (Å²) in [5.41, 5.74) is 1.60. The van der Waals surface area contributed by atoms with Crippen molar-refractivity contribution in [1.29, 1.82) is 0 Å². The van der Waals surface area contributed by atoms with Crippen LogP contribution in [-0.2, 0) is 16.6 Å². The Bertz CT molecular complexity index is 833. The third kappa shape index (κ3) is 5.59. The van der Waals surface area contributed by atoms with E-state index in [1.165, 1.54) is 4.31 Å². The fraction of sp³-hybridized carbons (Fsp3) is 0.350. The lowest BCUT2D eigenvalue weighted by Gasteiger charge is -2.25. The highest BCUT2D eigenvalue weighted by Crippen LogP contribution is 2.25. The summed E-state index contributed by atoms with van der Waals surface area (Å²) in [5, 5.41) is 2.88. The van der Waals surface area contributed by atoms with Gasteiger partial charge in [-0.05, 0) is 30.0 Å². The Kier molecular flexibility index (Phi) is 6.80. The molecular formula is C20H26N2O3S. The molecule has 5 nitrogen and oxygen atoms in total. The molecule has 26 heavy (non-hydrogen) atoms. The van der Waals surface area contributed by atoms with Crippen LogP contribution in [0.5, 0.6) is 0 Å². The van der Waals surface area contributed by atoms with Crippen molar-refractivity contribution in [3.05, 3.63) is 65.7 Å². The number of hydrogen-bond acceptors (Lipinski definition) is 3. The van der Waals surface area contributed by atoms with Gasteiger partial charge < -0.3 is 5.32 Å². The van der Waals surface area contributed by atoms with Gasteiger partial charge in [0.15, 0.2) is 0 Å². The van der Waals surface area contributed by atoms with E-state index in [9.17, 15) is 13.2 Å². The highest BCUT2D eigenvalue weighted by Gasteiger charge is 2.23. The van der Waals surface area contributed by atoms with E-state index in [0.29, 0.717) is 23.7 Å². The molecule has 0 aliphatic heterocycles. The molecule has 0 bridgehead atoms. The predicted molar refractivity (Wildman–Crippen MR) is 106 cm³/mol. The van der Waals surface area contributed by atoms with Crippen LogP contribution in [0.1, 0.15) is 36.2 Å². The van der Waals surface area contributed by atoms with Crippen molar-refractivity contribution in [2.45, 2.75) is 26.8 Å². The monoisotopic (exact) mass is 374 g/mol. The average Bonchev–Trinajstić information content (AvgIpc) is 2.59. The Hall–Kier alpha value is -2.34. The number of rotatable bonds is 8. The highest BCUT2D eigenvalue weighted by molar-refractivity contribution is 7.92. The lowest BCUT2D eigenvalue weighted by atomic mass is 10.1. The van der Waals surface area contributed by atoms with Gasteiger partial charge in [-0.1, -0.05) is 56.3 Å². The normalized spacial score (nSPS) is 11.4. The minimum atomic E-state index is -3.55. The minimum Gasteiger partial charge on any atom is -0.352 e. The molecule has 0 atom stereocenters. The molecule has 0 aliphatic carbocycles. The Morgan fingerprint density at radius 3 is 2.27 bits per heavy atom. The van der Waals surface area contributed by atoms with Gasteiger partial charge in [0.1, 0.15) is 0 Å². The standard InChI is InChI=1S/C20H26N2O3S/c1-16(2)13-14-21-20(23)18-11-7-8-12-19(18)22(26(3,24)25)15-17-9-5-4-6-10-17/h4-12,16H,13-15H2,1-3H3,(H,21,23). The van der Waals surface area contributed by atoms with Crippen molar-refractivity contribution in [2.24, 2.45) is 5.92 Å². The summed E-state index contributed by atoms with van der Waals surface area (Å²) in [7, 11) is -3.55. The van der Waals surface area contributed by atoms with Gasteiger partial charge in [-0.15, -0.1) is 0 Å². The molecule has 0 aromatic heterocycles. The van der Waals surface area contributed by atoms with E-state index in [4.69, 9.17) is 0 Å². The first kappa shape index (κ1) is 20.0. The molecule has 0 saturated heterocycles. The SMILES string of the molecule is CC(C)CCNC(=O)c1ccccc1N(Cc1ccccc1)S(C)(=O)=O. The first-order valence-electron chi connectivity index (χ1n) is 8.68. The van der Waals surface area contributed by atoms with E-state index in [1.54, 1.807) is 24.3 Å². The van der Waals surface area contributed by atoms with Gasteiger partial charge in [0.25, 0.3) is 5.91 Å². The topological polar surface area (TPSA) is 66.5 Å². The van der Waals surface area contributed by atoms with Gasteiger partial charge in [0.2, 0.25) is 10.0 Å². The Morgan fingerprint density at radius 2 is 1.65 bits per heavy atom. The van der Waals surface area contributed by atoms with E-state index in [1.807, 2.05) is 30.3 Å². The zero-order valence-electron chi connectivity index (χ0n) is 15.5. The van der Waals surface area contributed by atoms with Crippen LogP contribution >= 0.6 is 0 Å². The van der Waals surface area contributed by atoms with Gasteiger partial charge >= 0.3 is 0 Å². The zero-order valence-corrected chi connectivity index (χ0v) is 16.3. The molecule has 0 unspecified atom stereocenters. The third-order valence-corrected chi connectivity index (χ3v) is 5.12. The molecule has 6 heteroatoms. The first-order valence-corrected chi connectivity index (χ1v) is 10.5. The molecule has 0 spiro atoms. The van der Waals surface area contributed by atoms with E-state index in [0.717, 1.165) is 18.2 Å². The van der Waals surface area contributed by atoms with Crippen molar-refractivity contribution in [3.8, 4) is 0 Å². The fourth-order valence-corrected chi connectivity index (χ4v) is 3.48. The van der Waals surface area contributed by atoms with Gasteiger partial charge in [0.05, 0.1) is 24.1 Å². The van der Waals surface area contributed by atoms with Crippen molar-refractivity contribution in [2.75, 3.05) is 17.1 Å². The van der Waals surface area contributed by atoms with Crippen LogP contribution in [0.4, 0.5) is 5.69 Å². The van der Waals surface area contributed by atoms with E-state index in [2.05, 4.69) is 19.2 Å². The number of nitrogens with zero attached hydrogens (tertiary/aromatic N) is 1. The first-order chi connectivity index (χ1) is 12.3. The zero-order chi connectivity index (χ0) is 19.2. The maximum Gasteiger partial charge on any atom is 0.253 e. The third-order valence-electron chi connectivity index (χ3n) is 3.99. The lowest BCUT2D eigenvalue weighted by molar-refractivity contribution is 0.0952. The van der Waals surface area contributed by atoms with Crippen LogP contribution in [0.25, 0.3) is 0 Å². The number of para-hydroxylation sites is 1. The van der Waals surface area contributed by atoms with Crippen molar-refractivity contribution in [3.63, 3.8) is 0 Å². The summed E-state index contributed by atoms with van der Waals surface area (Å²) in [6.07, 6.45) is 2.02. The molecule has 0 fully saturated rings. The predicted octanol–water partition coefficient (Wildman–Crippen LogP) is 3.43. The summed E-state index contributed by atoms with van der Waals surface area (Å²) in [4.78, 5) is 12.6. The largest absolute Gasteiger partial charge is 0.352 e. The highest BCUT2D eigenvalue weighted by atomic mass is 32.2. The molecule has 1 amide bonds. The fourth-order valence-electron chi connectivity index (χ4n) is 2.58. The molecule has 140 valence electrons. The van der Waals surface area contributed by atoms with Gasteiger partial charge in [-0.25, -0.2) is 8.42 Å².